The molecule has 116 valence electrons. The van der Waals surface area contributed by atoms with Gasteiger partial charge in [0.15, 0.2) is 0 Å². The van der Waals surface area contributed by atoms with Crippen LogP contribution in [-0.4, -0.2) is 16.9 Å². The Labute approximate surface area is 114 Å². The molecule has 0 aliphatic heterocycles. The zero-order chi connectivity index (χ0) is 16.6. The SMILES string of the molecule is CCc1c(C(=O)C(=O)O)cc(C(F)(F)F)cc1C(F)(F)F. The van der Waals surface area contributed by atoms with Crippen LogP contribution in [0.3, 0.4) is 0 Å². The normalized spacial score (nSPS) is 12.3. The van der Waals surface area contributed by atoms with E-state index in [9.17, 15) is 35.9 Å². The topological polar surface area (TPSA) is 54.4 Å². The molecule has 0 radical (unpaired) electrons. The van der Waals surface area contributed by atoms with E-state index >= 15 is 0 Å². The number of carboxylic acids is 1. The van der Waals surface area contributed by atoms with Crippen molar-refractivity contribution >= 4 is 11.8 Å². The number of carbonyl (C=O) groups is 2. The standard InChI is InChI=1S/C12H8F6O3/c1-2-6-7(9(19)10(20)21)3-5(11(13,14)15)4-8(6)12(16,17)18/h3-4H,2H2,1H3,(H,20,21). The number of carboxylic acid groups (broad SMARTS) is 1. The van der Waals surface area contributed by atoms with Gasteiger partial charge in [-0.15, -0.1) is 0 Å². The maximum atomic E-state index is 12.8. The molecule has 0 atom stereocenters. The first-order chi connectivity index (χ1) is 9.39. The van der Waals surface area contributed by atoms with Gasteiger partial charge in [0.1, 0.15) is 0 Å². The zero-order valence-corrected chi connectivity index (χ0v) is 10.4. The van der Waals surface area contributed by atoms with Gasteiger partial charge in [0, 0.05) is 5.56 Å². The number of rotatable bonds is 3. The monoisotopic (exact) mass is 314 g/mol. The fourth-order valence-electron chi connectivity index (χ4n) is 1.79. The average Bonchev–Trinajstić information content (AvgIpc) is 2.33. The Morgan fingerprint density at radius 1 is 1.05 bits per heavy atom. The summed E-state index contributed by atoms with van der Waals surface area (Å²) in [7, 11) is 0. The summed E-state index contributed by atoms with van der Waals surface area (Å²) in [4.78, 5) is 21.9. The third-order valence-corrected chi connectivity index (χ3v) is 2.68. The smallest absolute Gasteiger partial charge is 0.416 e. The van der Waals surface area contributed by atoms with Crippen LogP contribution in [0.25, 0.3) is 0 Å². The first-order valence-corrected chi connectivity index (χ1v) is 5.48. The molecule has 0 spiro atoms. The molecule has 3 nitrogen and oxygen atoms in total. The maximum absolute atomic E-state index is 12.8. The van der Waals surface area contributed by atoms with E-state index in [1.807, 2.05) is 0 Å². The van der Waals surface area contributed by atoms with Crippen molar-refractivity contribution in [1.82, 2.24) is 0 Å². The Kier molecular flexibility index (Phi) is 4.35. The van der Waals surface area contributed by atoms with Crippen LogP contribution in [-0.2, 0) is 23.6 Å². The van der Waals surface area contributed by atoms with Gasteiger partial charge in [-0.3, -0.25) is 4.79 Å². The van der Waals surface area contributed by atoms with Crippen LogP contribution in [0.2, 0.25) is 0 Å². The van der Waals surface area contributed by atoms with Gasteiger partial charge in [-0.1, -0.05) is 6.92 Å². The molecule has 1 rings (SSSR count). The second-order valence-corrected chi connectivity index (χ2v) is 4.03. The number of carbonyl (C=O) groups excluding carboxylic acids is 1. The van der Waals surface area contributed by atoms with Crippen LogP contribution < -0.4 is 0 Å². The Bertz CT molecular complexity index is 586. The van der Waals surface area contributed by atoms with Crippen molar-refractivity contribution in [3.05, 3.63) is 34.4 Å². The van der Waals surface area contributed by atoms with E-state index in [1.165, 1.54) is 6.92 Å². The maximum Gasteiger partial charge on any atom is 0.416 e. The molecular weight excluding hydrogens is 306 g/mol. The third-order valence-electron chi connectivity index (χ3n) is 2.68. The van der Waals surface area contributed by atoms with Crippen LogP contribution in [0, 0.1) is 0 Å². The summed E-state index contributed by atoms with van der Waals surface area (Å²) in [6.07, 6.45) is -10.7. The molecule has 0 unspecified atom stereocenters. The van der Waals surface area contributed by atoms with Crippen LogP contribution in [0.5, 0.6) is 0 Å². The summed E-state index contributed by atoms with van der Waals surface area (Å²) in [6, 6.07) is 0.00197. The lowest BCUT2D eigenvalue weighted by molar-refractivity contribution is -0.143. The van der Waals surface area contributed by atoms with Crippen molar-refractivity contribution in [1.29, 1.82) is 0 Å². The number of halogens is 6. The highest BCUT2D eigenvalue weighted by molar-refractivity contribution is 6.40. The quantitative estimate of drug-likeness (QED) is 0.527. The fraction of sp³-hybridized carbons (Fsp3) is 0.333. The highest BCUT2D eigenvalue weighted by Gasteiger charge is 2.40. The van der Waals surface area contributed by atoms with Gasteiger partial charge in [-0.25, -0.2) is 4.79 Å². The molecule has 0 aromatic heterocycles. The molecule has 0 aliphatic rings. The minimum atomic E-state index is -5.14. The first kappa shape index (κ1) is 17.0. The number of ketones is 1. The molecule has 0 saturated heterocycles. The van der Waals surface area contributed by atoms with Gasteiger partial charge in [-0.05, 0) is 24.1 Å². The van der Waals surface area contributed by atoms with Gasteiger partial charge < -0.3 is 5.11 Å². The molecule has 0 heterocycles. The number of alkyl halides is 6. The largest absolute Gasteiger partial charge is 0.475 e. The Balaban J connectivity index is 3.77. The van der Waals surface area contributed by atoms with Crippen LogP contribution >= 0.6 is 0 Å². The summed E-state index contributed by atoms with van der Waals surface area (Å²) in [5.74, 6) is -3.94. The Hall–Kier alpha value is -2.06. The summed E-state index contributed by atoms with van der Waals surface area (Å²) in [5.41, 5.74) is -5.27. The third kappa shape index (κ3) is 3.53. The van der Waals surface area contributed by atoms with Gasteiger partial charge >= 0.3 is 18.3 Å². The highest BCUT2D eigenvalue weighted by atomic mass is 19.4. The van der Waals surface area contributed by atoms with Crippen molar-refractivity contribution in [3.8, 4) is 0 Å². The Morgan fingerprint density at radius 3 is 1.90 bits per heavy atom. The van der Waals surface area contributed by atoms with E-state index in [2.05, 4.69) is 0 Å². The van der Waals surface area contributed by atoms with Crippen molar-refractivity contribution in [2.24, 2.45) is 0 Å². The minimum absolute atomic E-state index is 0.128. The average molecular weight is 314 g/mol. The van der Waals surface area contributed by atoms with E-state index in [0.29, 0.717) is 0 Å². The fourth-order valence-corrected chi connectivity index (χ4v) is 1.79. The number of hydrogen-bond donors (Lipinski definition) is 1. The molecule has 21 heavy (non-hydrogen) atoms. The summed E-state index contributed by atoms with van der Waals surface area (Å²) in [5, 5.41) is 8.53. The van der Waals surface area contributed by atoms with Gasteiger partial charge in [0.2, 0.25) is 0 Å². The van der Waals surface area contributed by atoms with Gasteiger partial charge in [0.05, 0.1) is 11.1 Å². The van der Waals surface area contributed by atoms with Crippen LogP contribution in [0.4, 0.5) is 26.3 Å². The van der Waals surface area contributed by atoms with Crippen LogP contribution in [0.15, 0.2) is 12.1 Å². The molecule has 0 amide bonds. The molecule has 1 aromatic rings. The lowest BCUT2D eigenvalue weighted by Gasteiger charge is -2.18. The first-order valence-electron chi connectivity index (χ1n) is 5.48. The van der Waals surface area contributed by atoms with Crippen molar-refractivity contribution in [2.75, 3.05) is 0 Å². The van der Waals surface area contributed by atoms with E-state index in [4.69, 9.17) is 5.11 Å². The predicted molar refractivity (Wildman–Crippen MR) is 57.8 cm³/mol. The molecule has 0 bridgehead atoms. The van der Waals surface area contributed by atoms with E-state index in [0.717, 1.165) is 0 Å². The molecule has 1 N–H and O–H groups in total. The van der Waals surface area contributed by atoms with E-state index in [-0.39, 0.29) is 12.1 Å². The van der Waals surface area contributed by atoms with E-state index < -0.39 is 52.8 Å². The number of aliphatic carboxylic acids is 1. The molecule has 9 heteroatoms. The van der Waals surface area contributed by atoms with Crippen LogP contribution in [0.1, 0.15) is 34.0 Å². The van der Waals surface area contributed by atoms with Gasteiger partial charge in [-0.2, -0.15) is 26.3 Å². The Morgan fingerprint density at radius 2 is 1.57 bits per heavy atom. The van der Waals surface area contributed by atoms with E-state index in [1.54, 1.807) is 0 Å². The van der Waals surface area contributed by atoms with Crippen molar-refractivity contribution in [3.63, 3.8) is 0 Å². The minimum Gasteiger partial charge on any atom is -0.475 e. The molecule has 0 aliphatic carbocycles. The van der Waals surface area contributed by atoms with Crippen molar-refractivity contribution in [2.45, 2.75) is 25.7 Å². The molecule has 0 fully saturated rings. The molecular formula is C12H8F6O3. The summed E-state index contributed by atoms with van der Waals surface area (Å²) in [6.45, 7) is 1.18. The second kappa shape index (κ2) is 5.38. The zero-order valence-electron chi connectivity index (χ0n) is 10.4. The number of hydrogen-bond acceptors (Lipinski definition) is 2. The predicted octanol–water partition coefficient (Wildman–Crippen LogP) is 3.55. The molecule has 1 aromatic carbocycles. The highest BCUT2D eigenvalue weighted by Crippen LogP contribution is 2.39. The number of Topliss-reactive ketones (excluding diaryl/α,β-unsaturated/α-hetero) is 1. The summed E-state index contributed by atoms with van der Waals surface area (Å²) < 4.78 is 76.3. The van der Waals surface area contributed by atoms with Gasteiger partial charge in [0.25, 0.3) is 5.78 Å². The lowest BCUT2D eigenvalue weighted by Crippen LogP contribution is -2.21. The second-order valence-electron chi connectivity index (χ2n) is 4.03. The number of benzene rings is 1. The summed E-state index contributed by atoms with van der Waals surface area (Å²) >= 11 is 0. The van der Waals surface area contributed by atoms with Crippen molar-refractivity contribution < 1.29 is 41.0 Å². The molecule has 0 saturated carbocycles. The lowest BCUT2D eigenvalue weighted by atomic mass is 9.92.